The number of H-pyrrole nitrogens is 1. The number of carbonyl (C=O) groups excluding carboxylic acids is 2. The van der Waals surface area contributed by atoms with Gasteiger partial charge < -0.3 is 15.2 Å². The van der Waals surface area contributed by atoms with Gasteiger partial charge in [-0.2, -0.15) is 0 Å². The van der Waals surface area contributed by atoms with Gasteiger partial charge in [-0.1, -0.05) is 42.5 Å². The van der Waals surface area contributed by atoms with Crippen LogP contribution in [0.1, 0.15) is 28.3 Å². The lowest BCUT2D eigenvalue weighted by molar-refractivity contribution is -0.148. The first-order valence-corrected chi connectivity index (χ1v) is 12.5. The van der Waals surface area contributed by atoms with Gasteiger partial charge in [0.2, 0.25) is 11.8 Å². The van der Waals surface area contributed by atoms with Crippen molar-refractivity contribution in [3.63, 3.8) is 0 Å². The highest BCUT2D eigenvalue weighted by Crippen LogP contribution is 2.52. The van der Waals surface area contributed by atoms with E-state index in [9.17, 15) is 24.6 Å². The topological polar surface area (TPSA) is 123 Å². The molecule has 192 valence electrons. The number of benzene rings is 3. The lowest BCUT2D eigenvalue weighted by atomic mass is 9.76. The quantitative estimate of drug-likeness (QED) is 0.302. The van der Waals surface area contributed by atoms with Gasteiger partial charge in [0, 0.05) is 35.1 Å². The zero-order chi connectivity index (χ0) is 26.8. The maximum absolute atomic E-state index is 14.1. The van der Waals surface area contributed by atoms with Crippen LogP contribution in [-0.4, -0.2) is 38.5 Å². The molecular formula is C30H27N3O5. The van der Waals surface area contributed by atoms with E-state index >= 15 is 0 Å². The normalized spacial score (nSPS) is 24.8. The molecule has 4 atom stereocenters. The monoisotopic (exact) mass is 509 g/mol. The highest BCUT2D eigenvalue weighted by Gasteiger charge is 2.69. The van der Waals surface area contributed by atoms with Gasteiger partial charge in [0.1, 0.15) is 11.3 Å². The summed E-state index contributed by atoms with van der Waals surface area (Å²) in [5.74, 6) is -4.53. The summed E-state index contributed by atoms with van der Waals surface area (Å²) in [5, 5.41) is 25.5. The molecule has 0 unspecified atom stereocenters. The summed E-state index contributed by atoms with van der Waals surface area (Å²) in [4.78, 5) is 45.6. The number of aliphatic carboxylic acids is 1. The van der Waals surface area contributed by atoms with Crippen molar-refractivity contribution in [1.29, 1.82) is 0 Å². The highest BCUT2D eigenvalue weighted by molar-refractivity contribution is 6.24. The van der Waals surface area contributed by atoms with Crippen LogP contribution in [0.25, 0.3) is 10.9 Å². The van der Waals surface area contributed by atoms with Crippen molar-refractivity contribution in [3.8, 4) is 5.75 Å². The number of aromatic nitrogens is 1. The van der Waals surface area contributed by atoms with Crippen LogP contribution in [0, 0.1) is 25.7 Å². The van der Waals surface area contributed by atoms with Crippen LogP contribution in [-0.2, 0) is 20.8 Å². The first-order valence-electron chi connectivity index (χ1n) is 12.5. The van der Waals surface area contributed by atoms with Crippen molar-refractivity contribution in [2.75, 3.05) is 4.90 Å². The van der Waals surface area contributed by atoms with E-state index in [0.29, 0.717) is 11.3 Å². The molecule has 8 heteroatoms. The fraction of sp³-hybridized carbons (Fsp3) is 0.233. The summed E-state index contributed by atoms with van der Waals surface area (Å²) in [5.41, 5.74) is 2.36. The van der Waals surface area contributed by atoms with Crippen LogP contribution in [0.2, 0.25) is 0 Å². The third-order valence-electron chi connectivity index (χ3n) is 7.92. The molecule has 2 aliphatic rings. The number of rotatable bonds is 5. The van der Waals surface area contributed by atoms with Gasteiger partial charge in [-0.15, -0.1) is 0 Å². The molecule has 2 saturated heterocycles. The predicted molar refractivity (Wildman–Crippen MR) is 142 cm³/mol. The Hall–Kier alpha value is -4.43. The van der Waals surface area contributed by atoms with E-state index in [1.54, 1.807) is 36.5 Å². The SMILES string of the molecule is Cc1cc(C)cc(N2C(=O)[C@H]3[C@@H](c4ccccc4O)N[C@@](Cc4c[nH]c5ccccc45)(C(=O)O)[C@@H]3C2=O)c1. The molecule has 4 N–H and O–H groups in total. The largest absolute Gasteiger partial charge is 0.508 e. The van der Waals surface area contributed by atoms with Crippen LogP contribution in [0.4, 0.5) is 5.69 Å². The second-order valence-electron chi connectivity index (χ2n) is 10.4. The molecule has 0 bridgehead atoms. The van der Waals surface area contributed by atoms with Crippen LogP contribution < -0.4 is 10.2 Å². The van der Waals surface area contributed by atoms with Gasteiger partial charge in [-0.05, 0) is 54.8 Å². The van der Waals surface area contributed by atoms with Crippen molar-refractivity contribution < 1.29 is 24.6 Å². The van der Waals surface area contributed by atoms with Gasteiger partial charge in [-0.25, -0.2) is 4.90 Å². The molecular weight excluding hydrogens is 482 g/mol. The number of hydrogen-bond acceptors (Lipinski definition) is 5. The number of amides is 2. The zero-order valence-corrected chi connectivity index (χ0v) is 20.9. The number of para-hydroxylation sites is 2. The Kier molecular flexibility index (Phi) is 5.39. The van der Waals surface area contributed by atoms with Gasteiger partial charge in [0.15, 0.2) is 0 Å². The molecule has 4 aromatic rings. The van der Waals surface area contributed by atoms with Gasteiger partial charge in [0.05, 0.1) is 17.5 Å². The van der Waals surface area contributed by atoms with Crippen LogP contribution >= 0.6 is 0 Å². The minimum Gasteiger partial charge on any atom is -0.508 e. The number of carboxylic acid groups (broad SMARTS) is 1. The Morgan fingerprint density at radius 1 is 0.974 bits per heavy atom. The van der Waals surface area contributed by atoms with E-state index in [4.69, 9.17) is 0 Å². The number of aromatic amines is 1. The van der Waals surface area contributed by atoms with E-state index in [1.807, 2.05) is 44.2 Å². The van der Waals surface area contributed by atoms with Crippen molar-refractivity contribution in [2.24, 2.45) is 11.8 Å². The Morgan fingerprint density at radius 2 is 1.66 bits per heavy atom. The number of phenols is 1. The molecule has 2 fully saturated rings. The second-order valence-corrected chi connectivity index (χ2v) is 10.4. The molecule has 8 nitrogen and oxygen atoms in total. The number of imide groups is 1. The fourth-order valence-corrected chi connectivity index (χ4v) is 6.37. The van der Waals surface area contributed by atoms with E-state index in [-0.39, 0.29) is 12.2 Å². The summed E-state index contributed by atoms with van der Waals surface area (Å²) in [6.07, 6.45) is 1.72. The lowest BCUT2D eigenvalue weighted by Gasteiger charge is -2.31. The van der Waals surface area contributed by atoms with Crippen molar-refractivity contribution in [3.05, 3.63) is 95.2 Å². The minimum atomic E-state index is -1.79. The number of carbonyl (C=O) groups is 3. The highest BCUT2D eigenvalue weighted by atomic mass is 16.4. The Bertz CT molecular complexity index is 1600. The Balaban J connectivity index is 1.53. The first-order chi connectivity index (χ1) is 18.2. The number of fused-ring (bicyclic) bond motifs is 2. The Labute approximate surface area is 218 Å². The number of aryl methyl sites for hydroxylation is 2. The minimum absolute atomic E-state index is 0.0304. The molecule has 0 spiro atoms. The molecule has 2 aliphatic heterocycles. The number of hydrogen-bond donors (Lipinski definition) is 4. The molecule has 0 saturated carbocycles. The predicted octanol–water partition coefficient (Wildman–Crippen LogP) is 4.01. The summed E-state index contributed by atoms with van der Waals surface area (Å²) in [6, 6.07) is 18.7. The maximum Gasteiger partial charge on any atom is 0.325 e. The van der Waals surface area contributed by atoms with Crippen LogP contribution in [0.15, 0.2) is 72.9 Å². The standard InChI is InChI=1S/C30H27N3O5/c1-16-11-17(2)13-19(12-16)33-27(35)24-25(28(33)36)30(29(37)38,32-26(24)21-8-4-6-10-23(21)34)14-18-15-31-22-9-5-3-7-20(18)22/h3-13,15,24-26,31-32,34H,14H2,1-2H3,(H,37,38)/t24-,25+,26-,30-/m1/s1. The lowest BCUT2D eigenvalue weighted by Crippen LogP contribution is -2.57. The number of nitrogens with zero attached hydrogens (tertiary/aromatic N) is 1. The molecule has 3 aromatic carbocycles. The van der Waals surface area contributed by atoms with E-state index < -0.39 is 41.2 Å². The number of aromatic hydroxyl groups is 1. The van der Waals surface area contributed by atoms with Crippen molar-refractivity contribution in [1.82, 2.24) is 10.3 Å². The molecule has 2 amide bonds. The molecule has 1 aromatic heterocycles. The maximum atomic E-state index is 14.1. The zero-order valence-electron chi connectivity index (χ0n) is 20.9. The van der Waals surface area contributed by atoms with E-state index in [0.717, 1.165) is 32.5 Å². The smallest absolute Gasteiger partial charge is 0.325 e. The van der Waals surface area contributed by atoms with Gasteiger partial charge >= 0.3 is 5.97 Å². The fourth-order valence-electron chi connectivity index (χ4n) is 6.37. The third kappa shape index (κ3) is 3.44. The number of phenolic OH excluding ortho intramolecular Hbond substituents is 1. The van der Waals surface area contributed by atoms with E-state index in [1.165, 1.54) is 6.07 Å². The average Bonchev–Trinajstić information content (AvgIpc) is 3.51. The summed E-state index contributed by atoms with van der Waals surface area (Å²) < 4.78 is 0. The molecule has 0 aliphatic carbocycles. The van der Waals surface area contributed by atoms with Crippen LogP contribution in [0.3, 0.4) is 0 Å². The summed E-state index contributed by atoms with van der Waals surface area (Å²) in [7, 11) is 0. The molecule has 0 radical (unpaired) electrons. The van der Waals surface area contributed by atoms with Crippen LogP contribution in [0.5, 0.6) is 5.75 Å². The molecule has 38 heavy (non-hydrogen) atoms. The molecule has 3 heterocycles. The van der Waals surface area contributed by atoms with Gasteiger partial charge in [0.25, 0.3) is 0 Å². The average molecular weight is 510 g/mol. The van der Waals surface area contributed by atoms with Crippen molar-refractivity contribution in [2.45, 2.75) is 31.8 Å². The van der Waals surface area contributed by atoms with Gasteiger partial charge in [-0.3, -0.25) is 19.7 Å². The number of nitrogens with one attached hydrogen (secondary N) is 2. The number of carboxylic acids is 1. The summed E-state index contributed by atoms with van der Waals surface area (Å²) in [6.45, 7) is 3.76. The second kappa shape index (κ2) is 8.56. The third-order valence-corrected chi connectivity index (χ3v) is 7.92. The molecule has 6 rings (SSSR count). The first kappa shape index (κ1) is 23.9. The Morgan fingerprint density at radius 3 is 2.37 bits per heavy atom. The number of anilines is 1. The van der Waals surface area contributed by atoms with E-state index in [2.05, 4.69) is 10.3 Å². The summed E-state index contributed by atoms with van der Waals surface area (Å²) >= 11 is 0. The van der Waals surface area contributed by atoms with Crippen molar-refractivity contribution >= 4 is 34.4 Å².